The Kier molecular flexibility index (Phi) is 6.00. The molecule has 32 heavy (non-hydrogen) atoms. The van der Waals surface area contributed by atoms with Gasteiger partial charge in [-0.1, -0.05) is 66.7 Å². The molecule has 1 unspecified atom stereocenters. The normalized spacial score (nSPS) is 18.9. The van der Waals surface area contributed by atoms with Gasteiger partial charge >= 0.3 is 0 Å². The van der Waals surface area contributed by atoms with Crippen molar-refractivity contribution in [2.45, 2.75) is 38.6 Å². The molecule has 3 aromatic rings. The van der Waals surface area contributed by atoms with Crippen LogP contribution in [-0.2, 0) is 37.0 Å². The van der Waals surface area contributed by atoms with E-state index in [1.807, 2.05) is 18.2 Å². The van der Waals surface area contributed by atoms with Crippen molar-refractivity contribution in [2.75, 3.05) is 13.1 Å². The van der Waals surface area contributed by atoms with Crippen LogP contribution in [0.25, 0.3) is 0 Å². The fraction of sp³-hybridized carbons (Fsp3) is 0.310. The highest BCUT2D eigenvalue weighted by atomic mass is 16.2. The molecule has 3 heteroatoms. The molecule has 1 fully saturated rings. The predicted molar refractivity (Wildman–Crippen MR) is 127 cm³/mol. The molecule has 4 aliphatic carbocycles. The molecular weight excluding hydrogens is 394 g/mol. The van der Waals surface area contributed by atoms with Crippen LogP contribution in [0.1, 0.15) is 44.6 Å². The highest BCUT2D eigenvalue weighted by molar-refractivity contribution is 6.12. The number of rotatable bonds is 4. The Morgan fingerprint density at radius 1 is 0.781 bits per heavy atom. The van der Waals surface area contributed by atoms with Crippen LogP contribution in [0.15, 0.2) is 72.8 Å². The van der Waals surface area contributed by atoms with Crippen molar-refractivity contribution in [1.29, 1.82) is 0 Å². The zero-order valence-corrected chi connectivity index (χ0v) is 18.4. The van der Waals surface area contributed by atoms with Gasteiger partial charge in [0.1, 0.15) is 5.78 Å². The first kappa shape index (κ1) is 20.8. The van der Waals surface area contributed by atoms with Gasteiger partial charge in [-0.05, 0) is 59.6 Å². The fourth-order valence-electron chi connectivity index (χ4n) is 4.96. The van der Waals surface area contributed by atoms with Crippen molar-refractivity contribution < 1.29 is 9.59 Å². The average Bonchev–Trinajstić information content (AvgIpc) is 2.82. The molecule has 3 nitrogen and oxygen atoms in total. The Labute approximate surface area is 190 Å². The Morgan fingerprint density at radius 2 is 1.44 bits per heavy atom. The Morgan fingerprint density at radius 3 is 2.19 bits per heavy atom. The number of ketones is 2. The van der Waals surface area contributed by atoms with Gasteiger partial charge in [0.2, 0.25) is 0 Å². The number of nitrogens with zero attached hydrogens (tertiary/aromatic N) is 1. The summed E-state index contributed by atoms with van der Waals surface area (Å²) in [4.78, 5) is 28.8. The van der Waals surface area contributed by atoms with Gasteiger partial charge in [0.15, 0.2) is 5.78 Å². The van der Waals surface area contributed by atoms with Gasteiger partial charge in [-0.15, -0.1) is 0 Å². The van der Waals surface area contributed by atoms with E-state index in [0.29, 0.717) is 13.0 Å². The number of carbonyl (C=O) groups excluding carboxylic acids is 2. The first-order valence-electron chi connectivity index (χ1n) is 11.7. The van der Waals surface area contributed by atoms with Crippen molar-refractivity contribution in [2.24, 2.45) is 5.92 Å². The van der Waals surface area contributed by atoms with Crippen LogP contribution in [-0.4, -0.2) is 29.6 Å². The number of Topliss-reactive ketones (excluding diaryl/α,β-unsaturated/α-hetero) is 2. The smallest absolute Gasteiger partial charge is 0.174 e. The second kappa shape index (κ2) is 9.22. The van der Waals surface area contributed by atoms with Gasteiger partial charge in [-0.2, -0.15) is 0 Å². The molecule has 1 heterocycles. The summed E-state index contributed by atoms with van der Waals surface area (Å²) in [5.41, 5.74) is 6.83. The van der Waals surface area contributed by atoms with Crippen molar-refractivity contribution >= 4 is 11.6 Å². The van der Waals surface area contributed by atoms with Crippen LogP contribution in [0.2, 0.25) is 0 Å². The molecule has 0 aromatic heterocycles. The van der Waals surface area contributed by atoms with Gasteiger partial charge in [0.05, 0.1) is 5.92 Å². The van der Waals surface area contributed by atoms with Crippen molar-refractivity contribution in [3.05, 3.63) is 106 Å². The molecule has 0 spiro atoms. The van der Waals surface area contributed by atoms with E-state index in [4.69, 9.17) is 0 Å². The monoisotopic (exact) mass is 423 g/mol. The van der Waals surface area contributed by atoms with Gasteiger partial charge in [0.25, 0.3) is 0 Å². The standard InChI is InChI=1S/C29H29NO2/c31-28-16-17-30(19-24-4-2-1-3-5-24)20-27(28)29(32)26-18-23-11-10-21-6-8-22(9-7-21)12-14-25(26)15-13-23/h1-9,13,15,18,27H,10-12,14,16-17,19-20H2. The zero-order valence-electron chi connectivity index (χ0n) is 18.4. The second-order valence-electron chi connectivity index (χ2n) is 9.16. The van der Waals surface area contributed by atoms with E-state index in [1.165, 1.54) is 22.3 Å². The van der Waals surface area contributed by atoms with Crippen molar-refractivity contribution in [1.82, 2.24) is 4.90 Å². The molecule has 1 aliphatic heterocycles. The van der Waals surface area contributed by atoms with Crippen LogP contribution in [0, 0.1) is 5.92 Å². The first-order valence-corrected chi connectivity index (χ1v) is 11.7. The first-order chi connectivity index (χ1) is 15.7. The lowest BCUT2D eigenvalue weighted by molar-refractivity contribution is -0.124. The summed E-state index contributed by atoms with van der Waals surface area (Å²) in [5, 5.41) is 0. The third-order valence-corrected chi connectivity index (χ3v) is 6.92. The van der Waals surface area contributed by atoms with E-state index in [-0.39, 0.29) is 11.6 Å². The number of benzene rings is 3. The van der Waals surface area contributed by atoms with Crippen molar-refractivity contribution in [3.8, 4) is 0 Å². The van der Waals surface area contributed by atoms with Gasteiger partial charge in [-0.25, -0.2) is 0 Å². The summed E-state index contributed by atoms with van der Waals surface area (Å²) in [7, 11) is 0. The quantitative estimate of drug-likeness (QED) is 0.445. The summed E-state index contributed by atoms with van der Waals surface area (Å²) >= 11 is 0. The molecule has 0 saturated carbocycles. The number of aryl methyl sites for hydroxylation is 4. The zero-order chi connectivity index (χ0) is 21.9. The number of hydrogen-bond acceptors (Lipinski definition) is 3. The Balaban J connectivity index is 1.39. The number of carbonyl (C=O) groups is 2. The fourth-order valence-corrected chi connectivity index (χ4v) is 4.96. The Hall–Kier alpha value is -3.04. The molecule has 0 radical (unpaired) electrons. The average molecular weight is 424 g/mol. The highest BCUT2D eigenvalue weighted by Crippen LogP contribution is 2.25. The lowest BCUT2D eigenvalue weighted by Gasteiger charge is -2.31. The lowest BCUT2D eigenvalue weighted by atomic mass is 9.84. The van der Waals surface area contributed by atoms with E-state index >= 15 is 0 Å². The summed E-state index contributed by atoms with van der Waals surface area (Å²) in [6, 6.07) is 25.5. The molecule has 8 rings (SSSR count). The number of hydrogen-bond donors (Lipinski definition) is 0. The minimum absolute atomic E-state index is 0.00979. The number of piperidine rings is 1. The lowest BCUT2D eigenvalue weighted by Crippen LogP contribution is -2.44. The third kappa shape index (κ3) is 4.58. The van der Waals surface area contributed by atoms with Gasteiger partial charge in [-0.3, -0.25) is 14.5 Å². The summed E-state index contributed by atoms with van der Waals surface area (Å²) < 4.78 is 0. The van der Waals surface area contributed by atoms with Crippen LogP contribution in [0.3, 0.4) is 0 Å². The van der Waals surface area contributed by atoms with E-state index in [0.717, 1.165) is 49.9 Å². The molecule has 0 amide bonds. The minimum atomic E-state index is -0.562. The molecular formula is C29H29NO2. The molecule has 0 N–H and O–H groups in total. The molecule has 3 aromatic carbocycles. The largest absolute Gasteiger partial charge is 0.299 e. The summed E-state index contributed by atoms with van der Waals surface area (Å²) in [6.07, 6.45) is 4.03. The Bertz CT molecular complexity index is 1120. The van der Waals surface area contributed by atoms with Crippen LogP contribution in [0.5, 0.6) is 0 Å². The van der Waals surface area contributed by atoms with E-state index in [1.54, 1.807) is 0 Å². The molecule has 1 saturated heterocycles. The number of likely N-dealkylation sites (tertiary alicyclic amines) is 1. The van der Waals surface area contributed by atoms with E-state index < -0.39 is 5.92 Å². The minimum Gasteiger partial charge on any atom is -0.299 e. The van der Waals surface area contributed by atoms with Crippen molar-refractivity contribution in [3.63, 3.8) is 0 Å². The topological polar surface area (TPSA) is 37.4 Å². The molecule has 4 bridgehead atoms. The maximum Gasteiger partial charge on any atom is 0.174 e. The van der Waals surface area contributed by atoms with Gasteiger partial charge < -0.3 is 0 Å². The molecule has 1 atom stereocenters. The van der Waals surface area contributed by atoms with Crippen LogP contribution < -0.4 is 0 Å². The molecule has 162 valence electrons. The van der Waals surface area contributed by atoms with E-state index in [2.05, 4.69) is 59.5 Å². The van der Waals surface area contributed by atoms with Crippen LogP contribution in [0.4, 0.5) is 0 Å². The SMILES string of the molecule is O=C1CCN(Cc2ccccc2)CC1C(=O)c1cc2ccc1CCc1ccc(cc1)CC2. The van der Waals surface area contributed by atoms with Gasteiger partial charge in [0, 0.05) is 31.6 Å². The highest BCUT2D eigenvalue weighted by Gasteiger charge is 2.34. The second-order valence-corrected chi connectivity index (χ2v) is 9.16. The maximum atomic E-state index is 13.7. The molecule has 5 aliphatic rings. The maximum absolute atomic E-state index is 13.7. The summed E-state index contributed by atoms with van der Waals surface area (Å²) in [5.74, 6) is -0.463. The third-order valence-electron chi connectivity index (χ3n) is 6.92. The predicted octanol–water partition coefficient (Wildman–Crippen LogP) is 4.84. The van der Waals surface area contributed by atoms with Crippen LogP contribution >= 0.6 is 0 Å². The summed E-state index contributed by atoms with van der Waals surface area (Å²) in [6.45, 7) is 2.01. The van der Waals surface area contributed by atoms with E-state index in [9.17, 15) is 9.59 Å².